The van der Waals surface area contributed by atoms with Gasteiger partial charge in [-0.15, -0.1) is 0 Å². The average Bonchev–Trinajstić information content (AvgIpc) is 2.98. The van der Waals surface area contributed by atoms with Gasteiger partial charge in [0.15, 0.2) is 5.11 Å². The van der Waals surface area contributed by atoms with Gasteiger partial charge in [-0.05, 0) is 67.9 Å². The molecule has 2 aliphatic rings. The number of nitrogens with one attached hydrogen (secondary N) is 1. The van der Waals surface area contributed by atoms with Crippen LogP contribution in [-0.2, 0) is 11.0 Å². The van der Waals surface area contributed by atoms with Gasteiger partial charge in [-0.1, -0.05) is 0 Å². The SMILES string of the molecule is [2H]C([2H])NC(=O)c1ccc(N2C(=S)N(c3ccc(C#N)c(C(F)(F)F)c3)C(=O)C23CCC3)cc1F. The molecule has 1 aliphatic carbocycles. The Labute approximate surface area is 194 Å². The molecule has 2 aromatic rings. The van der Waals surface area contributed by atoms with E-state index in [-0.39, 0.29) is 16.5 Å². The molecule has 4 rings (SSSR count). The van der Waals surface area contributed by atoms with Gasteiger partial charge in [-0.25, -0.2) is 4.39 Å². The summed E-state index contributed by atoms with van der Waals surface area (Å²) < 4.78 is 69.4. The van der Waals surface area contributed by atoms with Gasteiger partial charge in [0.1, 0.15) is 11.4 Å². The van der Waals surface area contributed by atoms with Crippen molar-refractivity contribution < 1.29 is 29.9 Å². The van der Waals surface area contributed by atoms with Crippen LogP contribution in [0.2, 0.25) is 0 Å². The molecule has 1 spiro atoms. The monoisotopic (exact) mass is 478 g/mol. The van der Waals surface area contributed by atoms with Crippen LogP contribution >= 0.6 is 12.2 Å². The van der Waals surface area contributed by atoms with Gasteiger partial charge in [0.05, 0.1) is 28.4 Å². The summed E-state index contributed by atoms with van der Waals surface area (Å²) in [6.07, 6.45) is -3.55. The van der Waals surface area contributed by atoms with Crippen LogP contribution in [0.1, 0.15) is 43.5 Å². The molecule has 1 saturated heterocycles. The number of amides is 2. The minimum absolute atomic E-state index is 0.123. The standard InChI is InChI=1S/C22H16F4N4O2S/c1-28-18(31)15-6-5-14(10-17(15)23)30-20(33)29(19(32)21(30)7-2-8-21)13-4-3-12(11-27)16(9-13)22(24,25)26/h3-6,9-10H,2,7-8H2,1H3,(H,28,31)/i1D2. The number of carbonyl (C=O) groups is 2. The number of alkyl halides is 3. The maximum atomic E-state index is 14.8. The number of anilines is 2. The van der Waals surface area contributed by atoms with Crippen LogP contribution in [0.15, 0.2) is 36.4 Å². The molecular formula is C22H16F4N4O2S. The molecule has 0 atom stereocenters. The fourth-order valence-electron chi connectivity index (χ4n) is 4.12. The maximum Gasteiger partial charge on any atom is 0.417 e. The van der Waals surface area contributed by atoms with Crippen molar-refractivity contribution in [2.75, 3.05) is 16.8 Å². The number of carbonyl (C=O) groups excluding carboxylic acids is 2. The van der Waals surface area contributed by atoms with E-state index in [0.717, 1.165) is 23.1 Å². The van der Waals surface area contributed by atoms with Crippen molar-refractivity contribution >= 4 is 40.5 Å². The summed E-state index contributed by atoms with van der Waals surface area (Å²) in [6, 6.07) is 7.75. The largest absolute Gasteiger partial charge is 0.417 e. The van der Waals surface area contributed by atoms with Crippen molar-refractivity contribution in [3.05, 3.63) is 58.9 Å². The fourth-order valence-corrected chi connectivity index (χ4v) is 4.58. The van der Waals surface area contributed by atoms with E-state index in [2.05, 4.69) is 0 Å². The Kier molecular flexibility index (Phi) is 4.76. The molecular weight excluding hydrogens is 460 g/mol. The topological polar surface area (TPSA) is 76.4 Å². The van der Waals surface area contributed by atoms with Gasteiger partial charge in [0.25, 0.3) is 11.8 Å². The normalized spacial score (nSPS) is 18.2. The lowest BCUT2D eigenvalue weighted by Gasteiger charge is -2.43. The first kappa shape index (κ1) is 20.1. The van der Waals surface area contributed by atoms with E-state index in [4.69, 9.17) is 20.2 Å². The highest BCUT2D eigenvalue weighted by atomic mass is 32.1. The smallest absolute Gasteiger partial charge is 0.355 e. The summed E-state index contributed by atoms with van der Waals surface area (Å²) in [4.78, 5) is 27.8. The van der Waals surface area contributed by atoms with E-state index in [1.165, 1.54) is 23.1 Å². The first-order chi connectivity index (χ1) is 16.4. The molecule has 1 aliphatic heterocycles. The minimum atomic E-state index is -4.84. The highest BCUT2D eigenvalue weighted by Gasteiger charge is 2.59. The lowest BCUT2D eigenvalue weighted by atomic mass is 9.75. The molecule has 0 aromatic heterocycles. The third-order valence-corrected chi connectivity index (χ3v) is 6.23. The van der Waals surface area contributed by atoms with Gasteiger partial charge in [-0.2, -0.15) is 18.4 Å². The quantitative estimate of drug-likeness (QED) is 0.530. The molecule has 2 aromatic carbocycles. The van der Waals surface area contributed by atoms with Crippen molar-refractivity contribution in [2.24, 2.45) is 0 Å². The molecule has 0 radical (unpaired) electrons. The summed E-state index contributed by atoms with van der Waals surface area (Å²) in [5.41, 5.74) is -3.50. The Morgan fingerprint density at radius 1 is 1.24 bits per heavy atom. The van der Waals surface area contributed by atoms with Crippen LogP contribution in [0.25, 0.3) is 0 Å². The number of halogens is 4. The van der Waals surface area contributed by atoms with E-state index in [9.17, 15) is 27.2 Å². The number of nitriles is 1. The second-order valence-electron chi connectivity index (χ2n) is 7.62. The van der Waals surface area contributed by atoms with Crippen LogP contribution in [-0.4, -0.2) is 29.5 Å². The number of thiocarbonyl (C=S) groups is 1. The zero-order valence-corrected chi connectivity index (χ0v) is 17.6. The average molecular weight is 478 g/mol. The van der Waals surface area contributed by atoms with E-state index in [1.807, 2.05) is 5.32 Å². The molecule has 2 fully saturated rings. The Hall–Kier alpha value is -3.52. The Morgan fingerprint density at radius 3 is 2.48 bits per heavy atom. The first-order valence-corrected chi connectivity index (χ1v) is 10.1. The summed E-state index contributed by atoms with van der Waals surface area (Å²) in [6.45, 7) is -1.70. The number of nitrogens with zero attached hydrogens (tertiary/aromatic N) is 3. The summed E-state index contributed by atoms with van der Waals surface area (Å²) in [5.74, 6) is -2.53. The molecule has 6 nitrogen and oxygen atoms in total. The second kappa shape index (κ2) is 7.81. The van der Waals surface area contributed by atoms with Crippen molar-refractivity contribution in [1.82, 2.24) is 5.32 Å². The van der Waals surface area contributed by atoms with Gasteiger partial charge in [0.2, 0.25) is 0 Å². The van der Waals surface area contributed by atoms with Crippen molar-refractivity contribution in [1.29, 1.82) is 5.26 Å². The Morgan fingerprint density at radius 2 is 1.94 bits per heavy atom. The van der Waals surface area contributed by atoms with E-state index < -0.39 is 53.0 Å². The summed E-state index contributed by atoms with van der Waals surface area (Å²) >= 11 is 5.47. The number of benzene rings is 2. The predicted octanol–water partition coefficient (Wildman–Crippen LogP) is 4.14. The van der Waals surface area contributed by atoms with Crippen molar-refractivity contribution in [3.63, 3.8) is 0 Å². The van der Waals surface area contributed by atoms with E-state index >= 15 is 0 Å². The van der Waals surface area contributed by atoms with Gasteiger partial charge >= 0.3 is 6.18 Å². The maximum absolute atomic E-state index is 14.8. The second-order valence-corrected chi connectivity index (χ2v) is 7.99. The third-order valence-electron chi connectivity index (χ3n) is 5.87. The predicted molar refractivity (Wildman–Crippen MR) is 115 cm³/mol. The molecule has 0 bridgehead atoms. The molecule has 33 heavy (non-hydrogen) atoms. The van der Waals surface area contributed by atoms with Crippen LogP contribution in [0.5, 0.6) is 0 Å². The van der Waals surface area contributed by atoms with Crippen LogP contribution < -0.4 is 15.1 Å². The van der Waals surface area contributed by atoms with E-state index in [1.54, 1.807) is 0 Å². The van der Waals surface area contributed by atoms with Crippen molar-refractivity contribution in [2.45, 2.75) is 31.0 Å². The molecule has 1 heterocycles. The first-order valence-electron chi connectivity index (χ1n) is 10.8. The zero-order chi connectivity index (χ0) is 25.7. The summed E-state index contributed by atoms with van der Waals surface area (Å²) in [7, 11) is 0. The van der Waals surface area contributed by atoms with Crippen LogP contribution in [0.4, 0.5) is 28.9 Å². The zero-order valence-electron chi connectivity index (χ0n) is 18.7. The lowest BCUT2D eigenvalue weighted by molar-refractivity contribution is -0.137. The number of hydrogen-bond donors (Lipinski definition) is 1. The van der Waals surface area contributed by atoms with Gasteiger partial charge in [0, 0.05) is 15.4 Å². The third kappa shape index (κ3) is 3.41. The van der Waals surface area contributed by atoms with Crippen LogP contribution in [0, 0.1) is 17.1 Å². The molecule has 11 heteroatoms. The summed E-state index contributed by atoms with van der Waals surface area (Å²) in [5, 5.41) is 10.8. The minimum Gasteiger partial charge on any atom is -0.355 e. The molecule has 1 N–H and O–H groups in total. The number of hydrogen-bond acceptors (Lipinski definition) is 4. The Bertz CT molecular complexity index is 1290. The lowest BCUT2D eigenvalue weighted by Crippen LogP contribution is -2.55. The van der Waals surface area contributed by atoms with Crippen molar-refractivity contribution in [3.8, 4) is 6.07 Å². The fraction of sp³-hybridized carbons (Fsp3) is 0.273. The highest BCUT2D eigenvalue weighted by molar-refractivity contribution is 7.81. The molecule has 170 valence electrons. The van der Waals surface area contributed by atoms with Gasteiger partial charge < -0.3 is 10.2 Å². The van der Waals surface area contributed by atoms with Gasteiger partial charge in [-0.3, -0.25) is 14.5 Å². The molecule has 0 unspecified atom stereocenters. The molecule has 2 amide bonds. The molecule has 1 saturated carbocycles. The van der Waals surface area contributed by atoms with Crippen LogP contribution in [0.3, 0.4) is 0 Å². The highest BCUT2D eigenvalue weighted by Crippen LogP contribution is 2.48. The van der Waals surface area contributed by atoms with E-state index in [0.29, 0.717) is 25.3 Å². The number of rotatable bonds is 3. The Balaban J connectivity index is 1.76.